The summed E-state index contributed by atoms with van der Waals surface area (Å²) in [5, 5.41) is 13.2. The summed E-state index contributed by atoms with van der Waals surface area (Å²) in [4.78, 5) is 16.4. The maximum Gasteiger partial charge on any atom is 0.263 e. The van der Waals surface area contributed by atoms with Crippen molar-refractivity contribution >= 4 is 17.2 Å². The average Bonchev–Trinajstić information content (AvgIpc) is 3.03. The van der Waals surface area contributed by atoms with Crippen LogP contribution in [0.25, 0.3) is 0 Å². The summed E-state index contributed by atoms with van der Waals surface area (Å²) in [6.45, 7) is 1.76. The molecule has 1 amide bonds. The minimum absolute atomic E-state index is 0.0259. The van der Waals surface area contributed by atoms with Crippen LogP contribution in [0.2, 0.25) is 0 Å². The number of thiazole rings is 1. The number of amides is 1. The number of carbonyl (C=O) groups excluding carboxylic acids is 1. The highest BCUT2D eigenvalue weighted by Crippen LogP contribution is 2.15. The zero-order valence-corrected chi connectivity index (χ0v) is 13.2. The molecule has 124 valence electrons. The van der Waals surface area contributed by atoms with Gasteiger partial charge >= 0.3 is 0 Å². The summed E-state index contributed by atoms with van der Waals surface area (Å²) in [6, 6.07) is 3.09. The number of aliphatic hydroxyl groups excluding tert-OH is 1. The molecule has 2 rings (SSSR count). The summed E-state index contributed by atoms with van der Waals surface area (Å²) in [5.74, 6) is -2.22. The van der Waals surface area contributed by atoms with Crippen LogP contribution in [-0.2, 0) is 6.42 Å². The van der Waals surface area contributed by atoms with Crippen LogP contribution in [-0.4, -0.2) is 35.3 Å². The molecule has 2 aromatic rings. The second-order valence-electron chi connectivity index (χ2n) is 4.72. The topological polar surface area (TPSA) is 71.5 Å². The minimum atomic E-state index is -1.03. The molecule has 8 heteroatoms. The van der Waals surface area contributed by atoms with Crippen molar-refractivity contribution in [3.63, 3.8) is 0 Å². The highest BCUT2D eigenvalue weighted by atomic mass is 32.1. The Morgan fingerprint density at radius 1 is 1.43 bits per heavy atom. The van der Waals surface area contributed by atoms with Gasteiger partial charge in [0, 0.05) is 12.6 Å². The summed E-state index contributed by atoms with van der Waals surface area (Å²) in [5.41, 5.74) is 0. The van der Waals surface area contributed by atoms with Gasteiger partial charge in [0.25, 0.3) is 5.91 Å². The lowest BCUT2D eigenvalue weighted by Gasteiger charge is -2.13. The molecule has 1 atom stereocenters. The predicted molar refractivity (Wildman–Crippen MR) is 81.7 cm³/mol. The number of ether oxygens (including phenoxy) is 1. The Hall–Kier alpha value is -2.06. The Morgan fingerprint density at radius 2 is 2.22 bits per heavy atom. The third kappa shape index (κ3) is 4.97. The van der Waals surface area contributed by atoms with Gasteiger partial charge in [-0.25, -0.2) is 13.8 Å². The molecule has 0 bridgehead atoms. The van der Waals surface area contributed by atoms with Crippen LogP contribution in [0, 0.1) is 11.6 Å². The number of halogens is 2. The third-order valence-corrected chi connectivity index (χ3v) is 4.05. The Kier molecular flexibility index (Phi) is 6.00. The van der Waals surface area contributed by atoms with Crippen LogP contribution in [0.3, 0.4) is 0 Å². The quantitative estimate of drug-likeness (QED) is 0.809. The maximum atomic E-state index is 13.0. The molecule has 0 aliphatic carbocycles. The van der Waals surface area contributed by atoms with Crippen molar-refractivity contribution in [2.75, 3.05) is 13.2 Å². The molecule has 2 N–H and O–H groups in total. The normalized spacial score (nSPS) is 12.0. The average molecular weight is 342 g/mol. The molecule has 1 aromatic carbocycles. The van der Waals surface area contributed by atoms with E-state index in [1.807, 2.05) is 6.92 Å². The molecule has 1 aromatic heterocycles. The number of rotatable bonds is 7. The zero-order chi connectivity index (χ0) is 16.8. The van der Waals surface area contributed by atoms with Crippen molar-refractivity contribution in [1.29, 1.82) is 0 Å². The molecule has 0 fully saturated rings. The predicted octanol–water partition coefficient (Wildman–Crippen LogP) is 2.15. The van der Waals surface area contributed by atoms with E-state index in [2.05, 4.69) is 10.3 Å². The van der Waals surface area contributed by atoms with E-state index >= 15 is 0 Å². The fraction of sp³-hybridized carbons (Fsp3) is 0.333. The van der Waals surface area contributed by atoms with Gasteiger partial charge in [-0.2, -0.15) is 0 Å². The Bertz CT molecular complexity index is 678. The molecule has 0 spiro atoms. The molecule has 0 saturated carbocycles. The third-order valence-electron chi connectivity index (χ3n) is 2.91. The smallest absolute Gasteiger partial charge is 0.263 e. The number of nitrogens with one attached hydrogen (secondary N) is 1. The van der Waals surface area contributed by atoms with Crippen molar-refractivity contribution in [2.24, 2.45) is 0 Å². The lowest BCUT2D eigenvalue weighted by Crippen LogP contribution is -2.35. The fourth-order valence-electron chi connectivity index (χ4n) is 1.69. The maximum absolute atomic E-state index is 13.0. The SMILES string of the molecule is CCc1ncc(C(=O)NCC(O)COc2ccc(F)c(F)c2)s1. The van der Waals surface area contributed by atoms with Crippen LogP contribution in [0.1, 0.15) is 21.6 Å². The van der Waals surface area contributed by atoms with Crippen LogP contribution in [0.4, 0.5) is 8.78 Å². The van der Waals surface area contributed by atoms with Gasteiger partial charge < -0.3 is 15.2 Å². The van der Waals surface area contributed by atoms with Gasteiger partial charge in [-0.3, -0.25) is 4.79 Å². The summed E-state index contributed by atoms with van der Waals surface area (Å²) in [6.07, 6.45) is 1.26. The molecule has 23 heavy (non-hydrogen) atoms. The van der Waals surface area contributed by atoms with E-state index in [0.717, 1.165) is 23.6 Å². The molecule has 5 nitrogen and oxygen atoms in total. The first kappa shape index (κ1) is 17.3. The van der Waals surface area contributed by atoms with E-state index in [1.54, 1.807) is 0 Å². The van der Waals surface area contributed by atoms with Gasteiger partial charge in [-0.1, -0.05) is 6.92 Å². The fourth-order valence-corrected chi connectivity index (χ4v) is 2.47. The number of aryl methyl sites for hydroxylation is 1. The molecule has 0 aliphatic heterocycles. The largest absolute Gasteiger partial charge is 0.491 e. The second-order valence-corrected chi connectivity index (χ2v) is 5.84. The van der Waals surface area contributed by atoms with E-state index in [-0.39, 0.29) is 24.8 Å². The van der Waals surface area contributed by atoms with Crippen LogP contribution < -0.4 is 10.1 Å². The molecule has 0 radical (unpaired) electrons. The summed E-state index contributed by atoms with van der Waals surface area (Å²) in [7, 11) is 0. The second kappa shape index (κ2) is 7.98. The van der Waals surface area contributed by atoms with E-state index in [9.17, 15) is 18.7 Å². The van der Waals surface area contributed by atoms with E-state index in [1.165, 1.54) is 23.6 Å². The first-order valence-corrected chi connectivity index (χ1v) is 7.80. The standard InChI is InChI=1S/C15H16F2N2O3S/c1-2-14-18-7-13(23-14)15(21)19-6-9(20)8-22-10-3-4-11(16)12(17)5-10/h3-5,7,9,20H,2,6,8H2,1H3,(H,19,21). The van der Waals surface area contributed by atoms with Crippen LogP contribution in [0.15, 0.2) is 24.4 Å². The van der Waals surface area contributed by atoms with Crippen LogP contribution >= 0.6 is 11.3 Å². The molecule has 0 aliphatic rings. The first-order chi connectivity index (χ1) is 11.0. The zero-order valence-electron chi connectivity index (χ0n) is 12.4. The number of hydrogen-bond donors (Lipinski definition) is 2. The van der Waals surface area contributed by atoms with E-state index < -0.39 is 17.7 Å². The van der Waals surface area contributed by atoms with Crippen molar-refractivity contribution in [3.8, 4) is 5.75 Å². The highest BCUT2D eigenvalue weighted by molar-refractivity contribution is 7.13. The highest BCUT2D eigenvalue weighted by Gasteiger charge is 2.13. The van der Waals surface area contributed by atoms with E-state index in [4.69, 9.17) is 4.74 Å². The molecular formula is C15H16F2N2O3S. The van der Waals surface area contributed by atoms with Gasteiger partial charge in [-0.05, 0) is 18.6 Å². The van der Waals surface area contributed by atoms with Gasteiger partial charge in [0.2, 0.25) is 0 Å². The Balaban J connectivity index is 1.77. The lowest BCUT2D eigenvalue weighted by atomic mass is 10.3. The lowest BCUT2D eigenvalue weighted by molar-refractivity contribution is 0.0846. The monoisotopic (exact) mass is 342 g/mol. The molecule has 1 unspecified atom stereocenters. The summed E-state index contributed by atoms with van der Waals surface area (Å²) < 4.78 is 30.9. The summed E-state index contributed by atoms with van der Waals surface area (Å²) >= 11 is 1.29. The number of nitrogens with zero attached hydrogens (tertiary/aromatic N) is 1. The number of carbonyl (C=O) groups is 1. The Morgan fingerprint density at radius 3 is 2.87 bits per heavy atom. The van der Waals surface area contributed by atoms with Gasteiger partial charge in [0.15, 0.2) is 11.6 Å². The van der Waals surface area contributed by atoms with Crippen molar-refractivity contribution < 1.29 is 23.4 Å². The number of aromatic nitrogens is 1. The molecular weight excluding hydrogens is 326 g/mol. The molecule has 0 saturated heterocycles. The van der Waals surface area contributed by atoms with Crippen molar-refractivity contribution in [2.45, 2.75) is 19.4 Å². The number of hydrogen-bond acceptors (Lipinski definition) is 5. The number of benzene rings is 1. The van der Waals surface area contributed by atoms with Crippen molar-refractivity contribution in [1.82, 2.24) is 10.3 Å². The van der Waals surface area contributed by atoms with Gasteiger partial charge in [-0.15, -0.1) is 11.3 Å². The number of aliphatic hydroxyl groups is 1. The first-order valence-electron chi connectivity index (χ1n) is 6.98. The molecule has 1 heterocycles. The van der Waals surface area contributed by atoms with Gasteiger partial charge in [0.1, 0.15) is 23.3 Å². The minimum Gasteiger partial charge on any atom is -0.491 e. The van der Waals surface area contributed by atoms with E-state index in [0.29, 0.717) is 4.88 Å². The van der Waals surface area contributed by atoms with Gasteiger partial charge in [0.05, 0.1) is 11.2 Å². The van der Waals surface area contributed by atoms with Crippen molar-refractivity contribution in [3.05, 3.63) is 45.9 Å². The Labute approximate surface area is 135 Å². The van der Waals surface area contributed by atoms with Crippen LogP contribution in [0.5, 0.6) is 5.75 Å².